The Bertz CT molecular complexity index is 1530. The third kappa shape index (κ3) is 8.72. The molecule has 0 radical (unpaired) electrons. The molecule has 2 aromatic carbocycles. The molecule has 44 heavy (non-hydrogen) atoms. The lowest BCUT2D eigenvalue weighted by Gasteiger charge is -2.29. The van der Waals surface area contributed by atoms with Crippen molar-refractivity contribution in [3.05, 3.63) is 72.3 Å². The summed E-state index contributed by atoms with van der Waals surface area (Å²) in [5, 5.41) is 1.14. The van der Waals surface area contributed by atoms with Crippen LogP contribution < -0.4 is 5.19 Å². The zero-order chi connectivity index (χ0) is 32.2. The summed E-state index contributed by atoms with van der Waals surface area (Å²) in [6.45, 7) is 9.49. The summed E-state index contributed by atoms with van der Waals surface area (Å²) in [4.78, 5) is 27.0. The van der Waals surface area contributed by atoms with Crippen LogP contribution in [0.25, 0.3) is 0 Å². The first-order chi connectivity index (χ1) is 21.0. The van der Waals surface area contributed by atoms with Gasteiger partial charge in [-0.25, -0.2) is 8.42 Å². The second-order valence-corrected chi connectivity index (χ2v) is 17.3. The molecular formula is C35H43NO6SSi. The molecule has 0 saturated carbocycles. The van der Waals surface area contributed by atoms with E-state index in [4.69, 9.17) is 9.47 Å². The average molecular weight is 634 g/mol. The molecule has 234 valence electrons. The molecule has 0 amide bonds. The monoisotopic (exact) mass is 633 g/mol. The third-order valence-corrected chi connectivity index (χ3v) is 12.1. The Morgan fingerprint density at radius 1 is 0.932 bits per heavy atom. The van der Waals surface area contributed by atoms with Gasteiger partial charge in [0.25, 0.3) is 0 Å². The molecule has 1 aliphatic carbocycles. The van der Waals surface area contributed by atoms with Gasteiger partial charge in [0.2, 0.25) is 10.0 Å². The van der Waals surface area contributed by atoms with Crippen LogP contribution in [0.3, 0.4) is 0 Å². The minimum absolute atomic E-state index is 0.0711. The first-order valence-electron chi connectivity index (χ1n) is 15.1. The summed E-state index contributed by atoms with van der Waals surface area (Å²) in [7, 11) is -6.06. The quantitative estimate of drug-likeness (QED) is 0.112. The molecule has 1 atom stereocenters. The molecule has 0 spiro atoms. The van der Waals surface area contributed by atoms with E-state index in [1.807, 2.05) is 49.4 Å². The fourth-order valence-electron chi connectivity index (χ4n) is 4.92. The van der Waals surface area contributed by atoms with Gasteiger partial charge in [0.15, 0.2) is 13.5 Å². The van der Waals surface area contributed by atoms with Gasteiger partial charge in [0, 0.05) is 18.9 Å². The van der Waals surface area contributed by atoms with E-state index in [9.17, 15) is 18.0 Å². The average Bonchev–Trinajstić information content (AvgIpc) is 3.01. The smallest absolute Gasteiger partial charge is 0.325 e. The number of sulfonamides is 1. The largest absolute Gasteiger partial charge is 0.465 e. The Labute approximate surface area is 264 Å². The molecule has 2 aromatic rings. The summed E-state index contributed by atoms with van der Waals surface area (Å²) in [5.74, 6) is 7.53. The molecule has 0 N–H and O–H groups in total. The molecule has 1 unspecified atom stereocenters. The maximum atomic E-state index is 13.7. The summed E-state index contributed by atoms with van der Waals surface area (Å²) in [6, 6.07) is 16.3. The molecule has 0 aliphatic heterocycles. The van der Waals surface area contributed by atoms with Crippen LogP contribution in [0.1, 0.15) is 51.5 Å². The van der Waals surface area contributed by atoms with Crippen LogP contribution in [-0.4, -0.2) is 58.5 Å². The van der Waals surface area contributed by atoms with Gasteiger partial charge >= 0.3 is 11.9 Å². The lowest BCUT2D eigenvalue weighted by atomic mass is 9.81. The fraction of sp³-hybridized carbons (Fsp3) is 0.429. The second-order valence-electron chi connectivity index (χ2n) is 11.3. The van der Waals surface area contributed by atoms with Crippen LogP contribution in [0.15, 0.2) is 71.6 Å². The lowest BCUT2D eigenvalue weighted by molar-refractivity contribution is -0.171. The molecule has 0 aromatic heterocycles. The first-order valence-corrected chi connectivity index (χ1v) is 19.5. The molecule has 0 heterocycles. The van der Waals surface area contributed by atoms with E-state index in [1.54, 1.807) is 38.1 Å². The van der Waals surface area contributed by atoms with Gasteiger partial charge in [-0.1, -0.05) is 79.2 Å². The number of carbonyl (C=O) groups is 2. The van der Waals surface area contributed by atoms with Crippen LogP contribution in [0, 0.1) is 35.6 Å². The Morgan fingerprint density at radius 3 is 2.11 bits per heavy atom. The van der Waals surface area contributed by atoms with E-state index in [-0.39, 0.29) is 43.5 Å². The number of aryl methyl sites for hydroxylation is 1. The molecule has 0 fully saturated rings. The van der Waals surface area contributed by atoms with E-state index in [0.717, 1.165) is 23.6 Å². The highest BCUT2D eigenvalue weighted by Crippen LogP contribution is 2.31. The van der Waals surface area contributed by atoms with E-state index in [2.05, 4.69) is 36.4 Å². The molecule has 0 bridgehead atoms. The third-order valence-electron chi connectivity index (χ3n) is 7.60. The molecule has 0 saturated heterocycles. The van der Waals surface area contributed by atoms with Crippen LogP contribution in [0.5, 0.6) is 0 Å². The topological polar surface area (TPSA) is 90.0 Å². The number of allylic oxidation sites excluding steroid dienone is 1. The Hall–Kier alpha value is -3.63. The van der Waals surface area contributed by atoms with Gasteiger partial charge in [-0.3, -0.25) is 9.59 Å². The molecule has 9 heteroatoms. The van der Waals surface area contributed by atoms with Crippen molar-refractivity contribution >= 4 is 35.2 Å². The van der Waals surface area contributed by atoms with E-state index in [0.29, 0.717) is 6.42 Å². The van der Waals surface area contributed by atoms with Crippen molar-refractivity contribution in [3.63, 3.8) is 0 Å². The number of hydrogen-bond acceptors (Lipinski definition) is 6. The number of ether oxygens (including phenoxy) is 2. The fourth-order valence-corrected chi connectivity index (χ4v) is 8.14. The number of nitrogens with zero attached hydrogens (tertiary/aromatic N) is 1. The predicted molar refractivity (Wildman–Crippen MR) is 176 cm³/mol. The lowest BCUT2D eigenvalue weighted by Crippen LogP contribution is -2.43. The Kier molecular flexibility index (Phi) is 12.6. The standard InChI is InChI=1S/C35H43NO6SSi/c1-6-41-33(37)35(34(38)42-7-2,26-16-28-44(4,5)32-19-12-9-13-20-32)25-14-15-27-36(30-17-10-8-11-18-30)43(39,40)31-23-21-29(3)22-24-31/h9-10,12-13,17,19-24,30H,6-8,11,18,25-27H2,1-5H3. The van der Waals surface area contributed by atoms with Crippen LogP contribution >= 0.6 is 0 Å². The van der Waals surface area contributed by atoms with Gasteiger partial charge in [0.1, 0.15) is 0 Å². The maximum Gasteiger partial charge on any atom is 0.325 e. The second kappa shape index (κ2) is 15.9. The van der Waals surface area contributed by atoms with Crippen molar-refractivity contribution in [1.29, 1.82) is 0 Å². The highest BCUT2D eigenvalue weighted by Gasteiger charge is 2.48. The Balaban J connectivity index is 1.96. The molecule has 3 rings (SSSR count). The minimum Gasteiger partial charge on any atom is -0.465 e. The molecule has 7 nitrogen and oxygen atoms in total. The van der Waals surface area contributed by atoms with Crippen molar-refractivity contribution in [2.45, 2.75) is 76.9 Å². The molecular weight excluding hydrogens is 591 g/mol. The van der Waals surface area contributed by atoms with Gasteiger partial charge in [0.05, 0.1) is 24.7 Å². The van der Waals surface area contributed by atoms with Crippen molar-refractivity contribution in [1.82, 2.24) is 4.31 Å². The normalized spacial score (nSPS) is 15.0. The van der Waals surface area contributed by atoms with E-state index in [1.165, 1.54) is 4.31 Å². The predicted octanol–water partition coefficient (Wildman–Crippen LogP) is 5.15. The zero-order valence-corrected chi connectivity index (χ0v) is 28.2. The van der Waals surface area contributed by atoms with Crippen LogP contribution in [0.4, 0.5) is 0 Å². The van der Waals surface area contributed by atoms with Crippen molar-refractivity contribution < 1.29 is 27.5 Å². The van der Waals surface area contributed by atoms with Gasteiger partial charge in [-0.2, -0.15) is 4.31 Å². The zero-order valence-electron chi connectivity index (χ0n) is 26.4. The number of esters is 2. The van der Waals surface area contributed by atoms with Crippen LogP contribution in [0.2, 0.25) is 13.1 Å². The van der Waals surface area contributed by atoms with E-state index >= 15 is 0 Å². The van der Waals surface area contributed by atoms with Crippen LogP contribution in [-0.2, 0) is 29.1 Å². The number of carbonyl (C=O) groups excluding carboxylic acids is 2. The number of rotatable bonds is 11. The summed E-state index contributed by atoms with van der Waals surface area (Å²) in [6.07, 6.45) is 6.00. The highest BCUT2D eigenvalue weighted by molar-refractivity contribution is 7.89. The van der Waals surface area contributed by atoms with Gasteiger partial charge in [-0.15, -0.1) is 17.4 Å². The first kappa shape index (κ1) is 34.9. The SMILES string of the molecule is CCOC(=O)C(CC#CCN(C1C=CCCC1)S(=O)(=O)c1ccc(C)cc1)(CC#C[Si](C)(C)c1ccccc1)C(=O)OCC. The van der Waals surface area contributed by atoms with Crippen molar-refractivity contribution in [3.8, 4) is 23.3 Å². The summed E-state index contributed by atoms with van der Waals surface area (Å²) in [5.41, 5.74) is 2.54. The van der Waals surface area contributed by atoms with Crippen molar-refractivity contribution in [2.24, 2.45) is 5.41 Å². The summed E-state index contributed by atoms with van der Waals surface area (Å²) >= 11 is 0. The number of benzene rings is 2. The number of hydrogen-bond donors (Lipinski definition) is 0. The summed E-state index contributed by atoms with van der Waals surface area (Å²) < 4.78 is 39.6. The molecule has 1 aliphatic rings. The van der Waals surface area contributed by atoms with Gasteiger partial charge in [-0.05, 0) is 57.4 Å². The highest BCUT2D eigenvalue weighted by atomic mass is 32.2. The van der Waals surface area contributed by atoms with Crippen molar-refractivity contribution in [2.75, 3.05) is 19.8 Å². The maximum absolute atomic E-state index is 13.7. The minimum atomic E-state index is -3.86. The van der Waals surface area contributed by atoms with E-state index < -0.39 is 35.5 Å². The van der Waals surface area contributed by atoms with Gasteiger partial charge < -0.3 is 9.47 Å². The Morgan fingerprint density at radius 2 is 1.55 bits per heavy atom.